The van der Waals surface area contributed by atoms with Crippen LogP contribution in [0.25, 0.3) is 0 Å². The molecular weight excluding hydrogens is 296 g/mol. The molecule has 0 saturated heterocycles. The second-order valence-corrected chi connectivity index (χ2v) is 5.72. The lowest BCUT2D eigenvalue weighted by Crippen LogP contribution is -2.18. The Morgan fingerprint density at radius 1 is 1.55 bits per heavy atom. The molecule has 2 rings (SSSR count). The van der Waals surface area contributed by atoms with Crippen molar-refractivity contribution in [1.82, 2.24) is 9.55 Å². The van der Waals surface area contributed by atoms with E-state index in [1.54, 1.807) is 17.6 Å². The van der Waals surface area contributed by atoms with Gasteiger partial charge < -0.3 is 15.6 Å². The number of hydrogen-bond acceptors (Lipinski definition) is 5. The first-order valence-electron chi connectivity index (χ1n) is 5.93. The zero-order valence-corrected chi connectivity index (χ0v) is 12.5. The zero-order valence-electron chi connectivity index (χ0n) is 10.8. The van der Waals surface area contributed by atoms with Gasteiger partial charge in [-0.25, -0.2) is 4.98 Å². The van der Waals surface area contributed by atoms with E-state index in [1.165, 1.54) is 23.1 Å². The number of thioether (sulfide) groups is 1. The summed E-state index contributed by atoms with van der Waals surface area (Å²) < 4.78 is 1.96. The van der Waals surface area contributed by atoms with Gasteiger partial charge in [-0.1, -0.05) is 11.8 Å². The number of hydrogen-bond donors (Lipinski definition) is 2. The number of nitrogens with two attached hydrogens (primary N) is 1. The maximum Gasteiger partial charge on any atom is 0.251 e. The minimum Gasteiger partial charge on any atom is -0.366 e. The standard InChI is InChI=1S/C12H14N4O2S2/c1-2-16-5-4-14-12(16)20-7-9(17)15-11-8(10(13)18)3-6-19-11/h3-6H,2,7H2,1H3,(H2,13,18)(H,15,17). The number of carbonyl (C=O) groups is 2. The Bertz CT molecular complexity index is 621. The van der Waals surface area contributed by atoms with E-state index in [4.69, 9.17) is 5.73 Å². The molecule has 2 heterocycles. The van der Waals surface area contributed by atoms with Crippen LogP contribution in [0.5, 0.6) is 0 Å². The van der Waals surface area contributed by atoms with E-state index in [9.17, 15) is 9.59 Å². The zero-order chi connectivity index (χ0) is 14.5. The van der Waals surface area contributed by atoms with Gasteiger partial charge in [0.15, 0.2) is 5.16 Å². The normalized spacial score (nSPS) is 10.4. The van der Waals surface area contributed by atoms with Gasteiger partial charge in [-0.2, -0.15) is 0 Å². The molecule has 106 valence electrons. The van der Waals surface area contributed by atoms with Crippen LogP contribution in [0.1, 0.15) is 17.3 Å². The maximum absolute atomic E-state index is 11.9. The monoisotopic (exact) mass is 310 g/mol. The van der Waals surface area contributed by atoms with Crippen LogP contribution in [-0.4, -0.2) is 27.1 Å². The Kier molecular flexibility index (Phi) is 4.80. The number of nitrogens with zero attached hydrogens (tertiary/aromatic N) is 2. The van der Waals surface area contributed by atoms with E-state index >= 15 is 0 Å². The van der Waals surface area contributed by atoms with Crippen LogP contribution in [0.2, 0.25) is 0 Å². The Hall–Kier alpha value is -1.80. The van der Waals surface area contributed by atoms with Crippen molar-refractivity contribution in [2.24, 2.45) is 5.73 Å². The molecule has 0 atom stereocenters. The van der Waals surface area contributed by atoms with Gasteiger partial charge >= 0.3 is 0 Å². The van der Waals surface area contributed by atoms with E-state index < -0.39 is 5.91 Å². The molecule has 2 aromatic heterocycles. The van der Waals surface area contributed by atoms with E-state index in [1.807, 2.05) is 17.7 Å². The average molecular weight is 310 g/mol. The molecule has 0 aliphatic carbocycles. The quantitative estimate of drug-likeness (QED) is 0.796. The Balaban J connectivity index is 1.93. The molecule has 0 aliphatic heterocycles. The summed E-state index contributed by atoms with van der Waals surface area (Å²) in [5, 5.41) is 5.69. The van der Waals surface area contributed by atoms with Crippen LogP contribution in [0.4, 0.5) is 5.00 Å². The highest BCUT2D eigenvalue weighted by molar-refractivity contribution is 7.99. The summed E-state index contributed by atoms with van der Waals surface area (Å²) in [5.41, 5.74) is 5.56. The number of anilines is 1. The maximum atomic E-state index is 11.9. The summed E-state index contributed by atoms with van der Waals surface area (Å²) in [7, 11) is 0. The molecule has 2 aromatic rings. The van der Waals surface area contributed by atoms with Gasteiger partial charge in [-0.15, -0.1) is 11.3 Å². The number of nitrogens with one attached hydrogen (secondary N) is 1. The molecule has 0 radical (unpaired) electrons. The summed E-state index contributed by atoms with van der Waals surface area (Å²) >= 11 is 2.63. The number of aryl methyl sites for hydroxylation is 1. The number of thiophene rings is 1. The SMILES string of the molecule is CCn1ccnc1SCC(=O)Nc1sccc1C(N)=O. The number of rotatable bonds is 6. The summed E-state index contributed by atoms with van der Waals surface area (Å²) in [6.07, 6.45) is 3.57. The third-order valence-corrected chi connectivity index (χ3v) is 4.37. The fraction of sp³-hybridized carbons (Fsp3) is 0.250. The molecule has 6 nitrogen and oxygen atoms in total. The highest BCUT2D eigenvalue weighted by Gasteiger charge is 2.13. The van der Waals surface area contributed by atoms with Gasteiger partial charge in [0.1, 0.15) is 5.00 Å². The number of aromatic nitrogens is 2. The third-order valence-electron chi connectivity index (χ3n) is 2.53. The lowest BCUT2D eigenvalue weighted by molar-refractivity contribution is -0.113. The second-order valence-electron chi connectivity index (χ2n) is 3.86. The van der Waals surface area contributed by atoms with E-state index in [0.29, 0.717) is 10.6 Å². The molecule has 0 fully saturated rings. The van der Waals surface area contributed by atoms with Crippen molar-refractivity contribution in [2.75, 3.05) is 11.1 Å². The number of amides is 2. The summed E-state index contributed by atoms with van der Waals surface area (Å²) in [4.78, 5) is 27.2. The van der Waals surface area contributed by atoms with Crippen molar-refractivity contribution in [1.29, 1.82) is 0 Å². The minimum absolute atomic E-state index is 0.189. The molecule has 20 heavy (non-hydrogen) atoms. The van der Waals surface area contributed by atoms with Gasteiger partial charge in [0, 0.05) is 18.9 Å². The van der Waals surface area contributed by atoms with E-state index in [2.05, 4.69) is 10.3 Å². The molecule has 0 saturated carbocycles. The topological polar surface area (TPSA) is 90.0 Å². The van der Waals surface area contributed by atoms with Crippen molar-refractivity contribution in [3.8, 4) is 0 Å². The van der Waals surface area contributed by atoms with Gasteiger partial charge in [0.25, 0.3) is 5.91 Å². The van der Waals surface area contributed by atoms with Gasteiger partial charge in [0.2, 0.25) is 5.91 Å². The van der Waals surface area contributed by atoms with Crippen molar-refractivity contribution in [3.05, 3.63) is 29.4 Å². The molecular formula is C12H14N4O2S2. The van der Waals surface area contributed by atoms with E-state index in [-0.39, 0.29) is 11.7 Å². The Labute approximate surface area is 124 Å². The first kappa shape index (κ1) is 14.6. The third kappa shape index (κ3) is 3.40. The van der Waals surface area contributed by atoms with Crippen LogP contribution in [0.3, 0.4) is 0 Å². The number of primary amides is 1. The molecule has 8 heteroatoms. The van der Waals surface area contributed by atoms with Crippen LogP contribution in [0.15, 0.2) is 29.0 Å². The molecule has 3 N–H and O–H groups in total. The average Bonchev–Trinajstić information content (AvgIpc) is 3.04. The van der Waals surface area contributed by atoms with Crippen molar-refractivity contribution in [2.45, 2.75) is 18.6 Å². The predicted molar refractivity (Wildman–Crippen MR) is 80.1 cm³/mol. The fourth-order valence-corrected chi connectivity index (χ4v) is 3.20. The number of imidazole rings is 1. The Morgan fingerprint density at radius 3 is 3.05 bits per heavy atom. The predicted octanol–water partition coefficient (Wildman–Crippen LogP) is 1.79. The second kappa shape index (κ2) is 6.58. The van der Waals surface area contributed by atoms with Crippen LogP contribution < -0.4 is 11.1 Å². The number of carbonyl (C=O) groups excluding carboxylic acids is 2. The largest absolute Gasteiger partial charge is 0.366 e. The summed E-state index contributed by atoms with van der Waals surface area (Å²) in [5.74, 6) is -0.506. The lowest BCUT2D eigenvalue weighted by Gasteiger charge is -2.05. The Morgan fingerprint density at radius 2 is 2.35 bits per heavy atom. The van der Waals surface area contributed by atoms with Crippen LogP contribution in [0, 0.1) is 0 Å². The lowest BCUT2D eigenvalue weighted by atomic mass is 10.3. The molecule has 0 bridgehead atoms. The van der Waals surface area contributed by atoms with Crippen molar-refractivity contribution in [3.63, 3.8) is 0 Å². The molecule has 0 aliphatic rings. The van der Waals surface area contributed by atoms with Crippen LogP contribution >= 0.6 is 23.1 Å². The summed E-state index contributed by atoms with van der Waals surface area (Å²) in [6.45, 7) is 2.82. The van der Waals surface area contributed by atoms with Crippen molar-refractivity contribution < 1.29 is 9.59 Å². The highest BCUT2D eigenvalue weighted by atomic mass is 32.2. The summed E-state index contributed by atoms with van der Waals surface area (Å²) in [6, 6.07) is 1.60. The smallest absolute Gasteiger partial charge is 0.251 e. The van der Waals surface area contributed by atoms with E-state index in [0.717, 1.165) is 11.7 Å². The first-order valence-corrected chi connectivity index (χ1v) is 7.79. The molecule has 0 spiro atoms. The van der Waals surface area contributed by atoms with Gasteiger partial charge in [0.05, 0.1) is 11.3 Å². The molecule has 2 amide bonds. The van der Waals surface area contributed by atoms with Gasteiger partial charge in [-0.05, 0) is 18.4 Å². The van der Waals surface area contributed by atoms with Gasteiger partial charge in [-0.3, -0.25) is 9.59 Å². The molecule has 0 unspecified atom stereocenters. The van der Waals surface area contributed by atoms with Crippen molar-refractivity contribution >= 4 is 39.9 Å². The van der Waals surface area contributed by atoms with Crippen LogP contribution in [-0.2, 0) is 11.3 Å². The first-order chi connectivity index (χ1) is 9.61. The fourth-order valence-electron chi connectivity index (χ4n) is 1.57. The molecule has 0 aromatic carbocycles. The minimum atomic E-state index is -0.546. The highest BCUT2D eigenvalue weighted by Crippen LogP contribution is 2.23.